The van der Waals surface area contributed by atoms with Gasteiger partial charge in [-0.3, -0.25) is 0 Å². The van der Waals surface area contributed by atoms with Gasteiger partial charge in [0.25, 0.3) is 0 Å². The fourth-order valence-corrected chi connectivity index (χ4v) is 9.18. The molecule has 0 saturated heterocycles. The summed E-state index contributed by atoms with van der Waals surface area (Å²) >= 11 is 0. The molecule has 0 N–H and O–H groups in total. The Bertz CT molecular complexity index is 2990. The molecule has 0 bridgehead atoms. The summed E-state index contributed by atoms with van der Waals surface area (Å²) in [6, 6.07) is 84.1. The molecule has 1 aromatic heterocycles. The number of nitrogens with zero attached hydrogens (tertiary/aromatic N) is 3. The van der Waals surface area contributed by atoms with Crippen LogP contribution in [0.5, 0.6) is 0 Å². The summed E-state index contributed by atoms with van der Waals surface area (Å²) < 4.78 is 0. The summed E-state index contributed by atoms with van der Waals surface area (Å²) in [6.07, 6.45) is 0. The zero-order chi connectivity index (χ0) is 40.6. The highest BCUT2D eigenvalue weighted by molar-refractivity contribution is 5.95. The molecule has 11 rings (SSSR count). The maximum Gasteiger partial charge on any atom is 0.164 e. The minimum atomic E-state index is -0.458. The lowest BCUT2D eigenvalue weighted by molar-refractivity contribution is 0.768. The minimum absolute atomic E-state index is 0.458. The van der Waals surface area contributed by atoms with Crippen LogP contribution in [-0.4, -0.2) is 15.0 Å². The van der Waals surface area contributed by atoms with Gasteiger partial charge in [0.2, 0.25) is 0 Å². The topological polar surface area (TPSA) is 38.7 Å². The van der Waals surface area contributed by atoms with E-state index in [1.54, 1.807) is 0 Å². The number of fused-ring (bicyclic) bond motifs is 3. The molecule has 0 spiro atoms. The summed E-state index contributed by atoms with van der Waals surface area (Å²) in [5.74, 6) is 1.89. The van der Waals surface area contributed by atoms with Gasteiger partial charge in [-0.05, 0) is 66.8 Å². The van der Waals surface area contributed by atoms with Gasteiger partial charge in [0.15, 0.2) is 17.5 Å². The zero-order valence-electron chi connectivity index (χ0n) is 33.4. The van der Waals surface area contributed by atoms with Crippen molar-refractivity contribution in [3.63, 3.8) is 0 Å². The lowest BCUT2D eigenvalue weighted by Gasteiger charge is -2.34. The third kappa shape index (κ3) is 6.35. The first-order valence-corrected chi connectivity index (χ1v) is 20.8. The molecule has 0 saturated carbocycles. The van der Waals surface area contributed by atoms with Crippen molar-refractivity contribution >= 4 is 0 Å². The first kappa shape index (κ1) is 36.1. The van der Waals surface area contributed by atoms with Crippen LogP contribution in [0, 0.1) is 0 Å². The van der Waals surface area contributed by atoms with E-state index in [0.29, 0.717) is 17.5 Å². The molecule has 0 amide bonds. The molecule has 0 unspecified atom stereocenters. The predicted octanol–water partition coefficient (Wildman–Crippen LogP) is 14.2. The van der Waals surface area contributed by atoms with Crippen LogP contribution in [0.2, 0.25) is 0 Å². The van der Waals surface area contributed by atoms with Gasteiger partial charge < -0.3 is 0 Å². The summed E-state index contributed by atoms with van der Waals surface area (Å²) in [6.45, 7) is 0. The lowest BCUT2D eigenvalue weighted by atomic mass is 9.67. The van der Waals surface area contributed by atoms with Gasteiger partial charge in [0, 0.05) is 16.7 Å². The number of hydrogen-bond donors (Lipinski definition) is 0. The van der Waals surface area contributed by atoms with E-state index in [4.69, 9.17) is 15.0 Å². The van der Waals surface area contributed by atoms with Crippen LogP contribution in [0.4, 0.5) is 0 Å². The molecule has 9 aromatic carbocycles. The molecule has 0 aliphatic heterocycles. The SMILES string of the molecule is c1ccc(-c2ccc(-c3nc(-c4ccc(-c5ccccc5)cc4)nc(-c4ccc(-c5cccc6c5-c5ccccc5C6(c5ccccc5)c5ccccc5)cc4)n3)cc2)cc1. The van der Waals surface area contributed by atoms with Crippen LogP contribution < -0.4 is 0 Å². The van der Waals surface area contributed by atoms with E-state index in [1.165, 1.54) is 50.1 Å². The molecule has 0 atom stereocenters. The van der Waals surface area contributed by atoms with Crippen molar-refractivity contribution in [2.24, 2.45) is 0 Å². The van der Waals surface area contributed by atoms with Crippen LogP contribution in [0.3, 0.4) is 0 Å². The van der Waals surface area contributed by atoms with Crippen LogP contribution >= 0.6 is 0 Å². The predicted molar refractivity (Wildman–Crippen MR) is 250 cm³/mol. The normalized spacial score (nSPS) is 12.4. The summed E-state index contributed by atoms with van der Waals surface area (Å²) in [4.78, 5) is 15.3. The minimum Gasteiger partial charge on any atom is -0.208 e. The highest BCUT2D eigenvalue weighted by Gasteiger charge is 2.46. The van der Waals surface area contributed by atoms with Gasteiger partial charge in [-0.2, -0.15) is 0 Å². The quantitative estimate of drug-likeness (QED) is 0.154. The molecule has 0 radical (unpaired) electrons. The molecule has 3 nitrogen and oxygen atoms in total. The molecule has 3 heteroatoms. The number of rotatable bonds is 8. The Kier molecular flexibility index (Phi) is 9.05. The van der Waals surface area contributed by atoms with E-state index in [9.17, 15) is 0 Å². The molecule has 1 heterocycles. The van der Waals surface area contributed by atoms with Crippen LogP contribution in [0.25, 0.3) is 78.7 Å². The molecule has 10 aromatic rings. The Labute approximate surface area is 356 Å². The van der Waals surface area contributed by atoms with Crippen molar-refractivity contribution in [1.29, 1.82) is 0 Å². The first-order chi connectivity index (χ1) is 30.2. The summed E-state index contributed by atoms with van der Waals surface area (Å²) in [5, 5.41) is 0. The molecule has 61 heavy (non-hydrogen) atoms. The van der Waals surface area contributed by atoms with E-state index < -0.39 is 5.41 Å². The second kappa shape index (κ2) is 15.3. The zero-order valence-corrected chi connectivity index (χ0v) is 33.4. The van der Waals surface area contributed by atoms with Gasteiger partial charge in [-0.25, -0.2) is 15.0 Å². The highest BCUT2D eigenvalue weighted by atomic mass is 15.0. The van der Waals surface area contributed by atoms with Gasteiger partial charge in [-0.1, -0.05) is 237 Å². The average Bonchev–Trinajstić information content (AvgIpc) is 3.66. The van der Waals surface area contributed by atoms with Crippen molar-refractivity contribution in [3.05, 3.63) is 259 Å². The van der Waals surface area contributed by atoms with Crippen molar-refractivity contribution in [1.82, 2.24) is 15.0 Å². The van der Waals surface area contributed by atoms with E-state index >= 15 is 0 Å². The molecular formula is C58H39N3. The number of hydrogen-bond acceptors (Lipinski definition) is 3. The van der Waals surface area contributed by atoms with Gasteiger partial charge in [0.05, 0.1) is 5.41 Å². The van der Waals surface area contributed by atoms with E-state index in [2.05, 4.69) is 224 Å². The Morgan fingerprint density at radius 3 is 1.02 bits per heavy atom. The molecule has 286 valence electrons. The standard InChI is InChI=1S/C58H39N3/c1-5-16-40(17-6-1)42-28-34-45(35-29-42)55-59-56(46-36-30-43(31-37-46)41-18-7-2-8-19-41)61-57(60-55)47-38-32-44(33-39-47)50-25-15-27-53-54(50)51-24-13-14-26-52(51)58(53,48-20-9-3-10-21-48)49-22-11-4-12-23-49/h1-39H. The fourth-order valence-electron chi connectivity index (χ4n) is 9.18. The van der Waals surface area contributed by atoms with Crippen LogP contribution in [0.1, 0.15) is 22.3 Å². The first-order valence-electron chi connectivity index (χ1n) is 20.8. The molecule has 1 aliphatic rings. The number of aromatic nitrogens is 3. The largest absolute Gasteiger partial charge is 0.208 e. The van der Waals surface area contributed by atoms with Gasteiger partial charge >= 0.3 is 0 Å². The van der Waals surface area contributed by atoms with Crippen LogP contribution in [-0.2, 0) is 5.41 Å². The van der Waals surface area contributed by atoms with E-state index in [1.807, 2.05) is 12.1 Å². The Morgan fingerprint density at radius 1 is 0.230 bits per heavy atom. The summed E-state index contributed by atoms with van der Waals surface area (Å²) in [7, 11) is 0. The maximum absolute atomic E-state index is 5.12. The third-order valence-electron chi connectivity index (χ3n) is 12.1. The van der Waals surface area contributed by atoms with E-state index in [0.717, 1.165) is 33.4 Å². The Hall–Kier alpha value is -8.01. The average molecular weight is 778 g/mol. The lowest BCUT2D eigenvalue weighted by Crippen LogP contribution is -2.28. The second-order valence-electron chi connectivity index (χ2n) is 15.5. The summed E-state index contributed by atoms with van der Waals surface area (Å²) in [5.41, 5.74) is 16.9. The monoisotopic (exact) mass is 777 g/mol. The fraction of sp³-hybridized carbons (Fsp3) is 0.0172. The Morgan fingerprint density at radius 2 is 0.557 bits per heavy atom. The van der Waals surface area contributed by atoms with Crippen molar-refractivity contribution in [2.45, 2.75) is 5.41 Å². The van der Waals surface area contributed by atoms with Crippen molar-refractivity contribution in [2.75, 3.05) is 0 Å². The van der Waals surface area contributed by atoms with Crippen molar-refractivity contribution < 1.29 is 0 Å². The smallest absolute Gasteiger partial charge is 0.164 e. The maximum atomic E-state index is 5.12. The highest BCUT2D eigenvalue weighted by Crippen LogP contribution is 2.58. The molecular weight excluding hydrogens is 739 g/mol. The molecule has 1 aliphatic carbocycles. The Balaban J connectivity index is 1.02. The van der Waals surface area contributed by atoms with Gasteiger partial charge in [0.1, 0.15) is 0 Å². The number of benzene rings is 9. The van der Waals surface area contributed by atoms with Crippen molar-refractivity contribution in [3.8, 4) is 78.7 Å². The van der Waals surface area contributed by atoms with Crippen LogP contribution in [0.15, 0.2) is 237 Å². The van der Waals surface area contributed by atoms with E-state index in [-0.39, 0.29) is 0 Å². The molecule has 0 fully saturated rings. The third-order valence-corrected chi connectivity index (χ3v) is 12.1. The second-order valence-corrected chi connectivity index (χ2v) is 15.5. The van der Waals surface area contributed by atoms with Gasteiger partial charge in [-0.15, -0.1) is 0 Å².